The standard InChI is InChI=1S/C11H15BrOS/c1-8(13)11(6-2-3-7-11)9-4-5-10(12)14-9/h4-5,8,13H,2-3,6-7H2,1H3. The number of hydrogen-bond acceptors (Lipinski definition) is 2. The maximum absolute atomic E-state index is 9.96. The van der Waals surface area contributed by atoms with Crippen molar-refractivity contribution in [3.05, 3.63) is 20.8 Å². The van der Waals surface area contributed by atoms with E-state index in [1.807, 2.05) is 6.92 Å². The number of hydrogen-bond donors (Lipinski definition) is 1. The summed E-state index contributed by atoms with van der Waals surface area (Å²) in [6.45, 7) is 1.93. The normalized spacial score (nSPS) is 22.5. The molecule has 0 aliphatic heterocycles. The second-order valence-electron chi connectivity index (χ2n) is 4.14. The molecule has 14 heavy (non-hydrogen) atoms. The van der Waals surface area contributed by atoms with Gasteiger partial charge in [0.15, 0.2) is 0 Å². The van der Waals surface area contributed by atoms with E-state index in [0.29, 0.717) is 0 Å². The molecule has 1 N–H and O–H groups in total. The molecule has 0 amide bonds. The zero-order valence-corrected chi connectivity index (χ0v) is 10.7. The lowest BCUT2D eigenvalue weighted by Crippen LogP contribution is -2.33. The first-order valence-electron chi connectivity index (χ1n) is 5.09. The maximum Gasteiger partial charge on any atom is 0.0701 e. The monoisotopic (exact) mass is 274 g/mol. The average Bonchev–Trinajstić information content (AvgIpc) is 2.71. The first-order valence-corrected chi connectivity index (χ1v) is 6.70. The summed E-state index contributed by atoms with van der Waals surface area (Å²) in [4.78, 5) is 1.34. The molecule has 1 nitrogen and oxygen atoms in total. The molecule has 1 fully saturated rings. The summed E-state index contributed by atoms with van der Waals surface area (Å²) >= 11 is 5.26. The van der Waals surface area contributed by atoms with Gasteiger partial charge in [0.1, 0.15) is 0 Å². The van der Waals surface area contributed by atoms with Crippen LogP contribution in [0.1, 0.15) is 37.5 Å². The smallest absolute Gasteiger partial charge is 0.0701 e. The van der Waals surface area contributed by atoms with E-state index in [9.17, 15) is 5.11 Å². The minimum absolute atomic E-state index is 0.0523. The van der Waals surface area contributed by atoms with Gasteiger partial charge in [-0.05, 0) is 47.8 Å². The molecule has 0 saturated heterocycles. The van der Waals surface area contributed by atoms with E-state index in [1.165, 1.54) is 21.5 Å². The van der Waals surface area contributed by atoms with E-state index >= 15 is 0 Å². The third kappa shape index (κ3) is 1.66. The van der Waals surface area contributed by atoms with E-state index in [4.69, 9.17) is 0 Å². The Labute approximate surface area is 97.3 Å². The fraction of sp³-hybridized carbons (Fsp3) is 0.636. The maximum atomic E-state index is 9.96. The van der Waals surface area contributed by atoms with Crippen LogP contribution in [0, 0.1) is 0 Å². The fourth-order valence-corrected chi connectivity index (χ4v) is 4.17. The van der Waals surface area contributed by atoms with Gasteiger partial charge in [0.2, 0.25) is 0 Å². The molecule has 0 aromatic carbocycles. The van der Waals surface area contributed by atoms with Crippen LogP contribution in [0.3, 0.4) is 0 Å². The van der Waals surface area contributed by atoms with Gasteiger partial charge >= 0.3 is 0 Å². The lowest BCUT2D eigenvalue weighted by atomic mass is 9.80. The molecule has 1 aromatic rings. The molecule has 1 unspecified atom stereocenters. The molecule has 1 aliphatic rings. The van der Waals surface area contributed by atoms with Crippen molar-refractivity contribution in [1.82, 2.24) is 0 Å². The molecule has 1 aliphatic carbocycles. The molecule has 2 rings (SSSR count). The molecule has 1 atom stereocenters. The average molecular weight is 275 g/mol. The van der Waals surface area contributed by atoms with Crippen LogP contribution in [0.4, 0.5) is 0 Å². The van der Waals surface area contributed by atoms with Crippen molar-refractivity contribution in [1.29, 1.82) is 0 Å². The highest BCUT2D eigenvalue weighted by atomic mass is 79.9. The molecule has 1 heterocycles. The zero-order chi connectivity index (χ0) is 10.2. The SMILES string of the molecule is CC(O)C1(c2ccc(Br)s2)CCCC1. The van der Waals surface area contributed by atoms with Crippen molar-refractivity contribution in [2.45, 2.75) is 44.1 Å². The minimum atomic E-state index is -0.226. The lowest BCUT2D eigenvalue weighted by Gasteiger charge is -2.31. The lowest BCUT2D eigenvalue weighted by molar-refractivity contribution is 0.102. The second kappa shape index (κ2) is 3.95. The van der Waals surface area contributed by atoms with Gasteiger partial charge in [-0.15, -0.1) is 11.3 Å². The van der Waals surface area contributed by atoms with Crippen molar-refractivity contribution in [2.75, 3.05) is 0 Å². The first-order chi connectivity index (χ1) is 6.65. The van der Waals surface area contributed by atoms with Gasteiger partial charge in [0.05, 0.1) is 9.89 Å². The summed E-state index contributed by atoms with van der Waals surface area (Å²) in [5, 5.41) is 9.96. The first kappa shape index (κ1) is 10.7. The van der Waals surface area contributed by atoms with Crippen LogP contribution in [-0.4, -0.2) is 11.2 Å². The van der Waals surface area contributed by atoms with Gasteiger partial charge in [-0.3, -0.25) is 0 Å². The number of aliphatic hydroxyl groups excluding tert-OH is 1. The third-order valence-electron chi connectivity index (χ3n) is 3.36. The Hall–Kier alpha value is 0.140. The highest BCUT2D eigenvalue weighted by molar-refractivity contribution is 9.11. The van der Waals surface area contributed by atoms with Gasteiger partial charge in [-0.25, -0.2) is 0 Å². The van der Waals surface area contributed by atoms with Crippen LogP contribution in [0.25, 0.3) is 0 Å². The van der Waals surface area contributed by atoms with Gasteiger partial charge in [-0.1, -0.05) is 12.8 Å². The Morgan fingerprint density at radius 2 is 2.07 bits per heavy atom. The number of thiophene rings is 1. The Morgan fingerprint density at radius 3 is 2.50 bits per heavy atom. The van der Waals surface area contributed by atoms with E-state index in [-0.39, 0.29) is 11.5 Å². The van der Waals surface area contributed by atoms with Gasteiger partial charge < -0.3 is 5.11 Å². The number of halogens is 1. The number of rotatable bonds is 2. The fourth-order valence-electron chi connectivity index (χ4n) is 2.46. The molecule has 0 bridgehead atoms. The van der Waals surface area contributed by atoms with Crippen molar-refractivity contribution in [2.24, 2.45) is 0 Å². The molecule has 1 aromatic heterocycles. The van der Waals surface area contributed by atoms with Crippen LogP contribution in [0.2, 0.25) is 0 Å². The molecular weight excluding hydrogens is 260 g/mol. The van der Waals surface area contributed by atoms with Crippen molar-refractivity contribution >= 4 is 27.3 Å². The van der Waals surface area contributed by atoms with Crippen molar-refractivity contribution < 1.29 is 5.11 Å². The molecule has 3 heteroatoms. The summed E-state index contributed by atoms with van der Waals surface area (Å²) in [6, 6.07) is 4.25. The predicted octanol–water partition coefficient (Wildman–Crippen LogP) is 3.70. The molecule has 78 valence electrons. The summed E-state index contributed by atoms with van der Waals surface area (Å²) < 4.78 is 1.17. The molecule has 0 spiro atoms. The second-order valence-corrected chi connectivity index (χ2v) is 6.61. The van der Waals surface area contributed by atoms with Crippen LogP contribution in [0.15, 0.2) is 15.9 Å². The van der Waals surface area contributed by atoms with Crippen molar-refractivity contribution in [3.63, 3.8) is 0 Å². The summed E-state index contributed by atoms with van der Waals surface area (Å²) in [6.07, 6.45) is 4.55. The van der Waals surface area contributed by atoms with E-state index < -0.39 is 0 Å². The van der Waals surface area contributed by atoms with Gasteiger partial charge in [0.25, 0.3) is 0 Å². The zero-order valence-electron chi connectivity index (χ0n) is 8.29. The van der Waals surface area contributed by atoms with Gasteiger partial charge in [-0.2, -0.15) is 0 Å². The largest absolute Gasteiger partial charge is 0.392 e. The Kier molecular flexibility index (Phi) is 3.01. The number of aliphatic hydroxyl groups is 1. The van der Waals surface area contributed by atoms with Crippen LogP contribution in [-0.2, 0) is 5.41 Å². The Balaban J connectivity index is 2.36. The summed E-state index contributed by atoms with van der Waals surface area (Å²) in [7, 11) is 0. The molecule has 0 radical (unpaired) electrons. The molecule has 1 saturated carbocycles. The summed E-state index contributed by atoms with van der Waals surface area (Å²) in [5.74, 6) is 0. The van der Waals surface area contributed by atoms with E-state index in [2.05, 4.69) is 28.1 Å². The molecular formula is C11H15BrOS. The third-order valence-corrected chi connectivity index (χ3v) is 5.20. The van der Waals surface area contributed by atoms with E-state index in [0.717, 1.165) is 12.8 Å². The van der Waals surface area contributed by atoms with E-state index in [1.54, 1.807) is 11.3 Å². The van der Waals surface area contributed by atoms with Crippen molar-refractivity contribution in [3.8, 4) is 0 Å². The minimum Gasteiger partial charge on any atom is -0.392 e. The van der Waals surface area contributed by atoms with Crippen LogP contribution < -0.4 is 0 Å². The Morgan fingerprint density at radius 1 is 1.43 bits per heavy atom. The Bertz CT molecular complexity index is 313. The topological polar surface area (TPSA) is 20.2 Å². The quantitative estimate of drug-likeness (QED) is 0.872. The predicted molar refractivity (Wildman–Crippen MR) is 63.8 cm³/mol. The van der Waals surface area contributed by atoms with Crippen LogP contribution >= 0.6 is 27.3 Å². The highest BCUT2D eigenvalue weighted by Gasteiger charge is 2.40. The van der Waals surface area contributed by atoms with Gasteiger partial charge in [0, 0.05) is 10.3 Å². The summed E-state index contributed by atoms with van der Waals surface area (Å²) in [5.41, 5.74) is 0.0523. The highest BCUT2D eigenvalue weighted by Crippen LogP contribution is 2.46. The van der Waals surface area contributed by atoms with Crippen LogP contribution in [0.5, 0.6) is 0 Å².